The van der Waals surface area contributed by atoms with Crippen molar-refractivity contribution in [2.75, 3.05) is 5.73 Å². The summed E-state index contributed by atoms with van der Waals surface area (Å²) < 4.78 is 5.29. The van der Waals surface area contributed by atoms with Crippen molar-refractivity contribution in [1.29, 1.82) is 0 Å². The van der Waals surface area contributed by atoms with Gasteiger partial charge in [-0.1, -0.05) is 11.2 Å². The summed E-state index contributed by atoms with van der Waals surface area (Å²) in [4.78, 5) is 4.37. The van der Waals surface area contributed by atoms with Gasteiger partial charge in [0.15, 0.2) is 0 Å². The second-order valence-electron chi connectivity index (χ2n) is 4.54. The third-order valence-electron chi connectivity index (χ3n) is 3.04. The standard InChI is InChI=1S/C15H13N3O2/c1-9-2-5-11(16)8-13(9)15-17-14(18-20-15)10-3-6-12(19)7-4-10/h2-8,19H,16H2,1H3. The normalized spacial score (nSPS) is 10.7. The van der Waals surface area contributed by atoms with E-state index < -0.39 is 0 Å². The van der Waals surface area contributed by atoms with E-state index in [9.17, 15) is 5.11 Å². The predicted octanol–water partition coefficient (Wildman–Crippen LogP) is 3.00. The van der Waals surface area contributed by atoms with Gasteiger partial charge in [0.05, 0.1) is 0 Å². The summed E-state index contributed by atoms with van der Waals surface area (Å²) in [5.74, 6) is 1.10. The number of nitrogen functional groups attached to an aromatic ring is 1. The first-order valence-corrected chi connectivity index (χ1v) is 6.13. The molecule has 0 fully saturated rings. The Labute approximate surface area is 115 Å². The van der Waals surface area contributed by atoms with Crippen molar-refractivity contribution in [3.8, 4) is 28.6 Å². The lowest BCUT2D eigenvalue weighted by atomic mass is 10.1. The SMILES string of the molecule is Cc1ccc(N)cc1-c1nc(-c2ccc(O)cc2)no1. The zero-order valence-corrected chi connectivity index (χ0v) is 10.9. The molecule has 0 saturated carbocycles. The van der Waals surface area contributed by atoms with Gasteiger partial charge in [0.2, 0.25) is 5.82 Å². The molecule has 0 spiro atoms. The summed E-state index contributed by atoms with van der Waals surface area (Å²) in [5.41, 5.74) is 9.04. The molecule has 0 atom stereocenters. The molecule has 0 aliphatic heterocycles. The zero-order valence-electron chi connectivity index (χ0n) is 10.9. The number of aryl methyl sites for hydroxylation is 1. The lowest BCUT2D eigenvalue weighted by molar-refractivity contribution is 0.432. The molecule has 5 heteroatoms. The molecule has 0 aliphatic rings. The maximum Gasteiger partial charge on any atom is 0.258 e. The average molecular weight is 267 g/mol. The Morgan fingerprint density at radius 2 is 1.85 bits per heavy atom. The topological polar surface area (TPSA) is 85.2 Å². The number of anilines is 1. The smallest absolute Gasteiger partial charge is 0.258 e. The highest BCUT2D eigenvalue weighted by atomic mass is 16.5. The van der Waals surface area contributed by atoms with E-state index >= 15 is 0 Å². The number of aromatic nitrogens is 2. The Morgan fingerprint density at radius 3 is 2.60 bits per heavy atom. The zero-order chi connectivity index (χ0) is 14.1. The van der Waals surface area contributed by atoms with E-state index in [4.69, 9.17) is 10.3 Å². The Balaban J connectivity index is 2.01. The van der Waals surface area contributed by atoms with Gasteiger partial charge in [0.25, 0.3) is 5.89 Å². The van der Waals surface area contributed by atoms with Crippen LogP contribution in [0.2, 0.25) is 0 Å². The number of rotatable bonds is 2. The molecular formula is C15H13N3O2. The highest BCUT2D eigenvalue weighted by molar-refractivity contribution is 5.66. The van der Waals surface area contributed by atoms with Gasteiger partial charge in [-0.05, 0) is 48.9 Å². The third kappa shape index (κ3) is 2.21. The fourth-order valence-corrected chi connectivity index (χ4v) is 1.93. The molecule has 3 rings (SSSR count). The maximum absolute atomic E-state index is 9.28. The second kappa shape index (κ2) is 4.70. The number of aromatic hydroxyl groups is 1. The van der Waals surface area contributed by atoms with Crippen LogP contribution in [0.25, 0.3) is 22.8 Å². The van der Waals surface area contributed by atoms with Crippen LogP contribution in [0.3, 0.4) is 0 Å². The fourth-order valence-electron chi connectivity index (χ4n) is 1.93. The lowest BCUT2D eigenvalue weighted by Crippen LogP contribution is -1.89. The average Bonchev–Trinajstić information content (AvgIpc) is 2.92. The lowest BCUT2D eigenvalue weighted by Gasteiger charge is -2.01. The van der Waals surface area contributed by atoms with Crippen LogP contribution in [0.4, 0.5) is 5.69 Å². The Morgan fingerprint density at radius 1 is 1.10 bits per heavy atom. The monoisotopic (exact) mass is 267 g/mol. The van der Waals surface area contributed by atoms with Crippen LogP contribution in [0.5, 0.6) is 5.75 Å². The first-order chi connectivity index (χ1) is 9.63. The van der Waals surface area contributed by atoms with E-state index in [1.807, 2.05) is 25.1 Å². The molecule has 0 radical (unpaired) electrons. The number of nitrogens with zero attached hydrogens (tertiary/aromatic N) is 2. The number of hydrogen-bond donors (Lipinski definition) is 2. The Kier molecular flexibility index (Phi) is 2.87. The van der Waals surface area contributed by atoms with Gasteiger partial charge in [-0.25, -0.2) is 0 Å². The fraction of sp³-hybridized carbons (Fsp3) is 0.0667. The molecule has 1 aromatic heterocycles. The summed E-state index contributed by atoms with van der Waals surface area (Å²) in [7, 11) is 0. The van der Waals surface area contributed by atoms with E-state index in [2.05, 4.69) is 10.1 Å². The predicted molar refractivity (Wildman–Crippen MR) is 76.0 cm³/mol. The number of phenols is 1. The minimum atomic E-state index is 0.198. The van der Waals surface area contributed by atoms with Crippen LogP contribution in [0, 0.1) is 6.92 Å². The molecule has 1 heterocycles. The van der Waals surface area contributed by atoms with Gasteiger partial charge in [-0.15, -0.1) is 0 Å². The third-order valence-corrected chi connectivity index (χ3v) is 3.04. The van der Waals surface area contributed by atoms with Crippen molar-refractivity contribution in [3.05, 3.63) is 48.0 Å². The molecular weight excluding hydrogens is 254 g/mol. The van der Waals surface area contributed by atoms with Gasteiger partial charge >= 0.3 is 0 Å². The summed E-state index contributed by atoms with van der Waals surface area (Å²) in [5, 5.41) is 13.2. The van der Waals surface area contributed by atoms with Crippen molar-refractivity contribution in [3.63, 3.8) is 0 Å². The maximum atomic E-state index is 9.28. The van der Waals surface area contributed by atoms with Gasteiger partial charge in [-0.3, -0.25) is 0 Å². The number of benzene rings is 2. The largest absolute Gasteiger partial charge is 0.508 e. The molecule has 0 saturated heterocycles. The van der Waals surface area contributed by atoms with Gasteiger partial charge in [0, 0.05) is 16.8 Å². The molecule has 0 amide bonds. The first kappa shape index (κ1) is 12.2. The van der Waals surface area contributed by atoms with Crippen molar-refractivity contribution in [2.24, 2.45) is 0 Å². The molecule has 2 aromatic carbocycles. The highest BCUT2D eigenvalue weighted by Crippen LogP contribution is 2.27. The van der Waals surface area contributed by atoms with Crippen LogP contribution >= 0.6 is 0 Å². The van der Waals surface area contributed by atoms with Crippen LogP contribution in [0.15, 0.2) is 47.0 Å². The molecule has 3 N–H and O–H groups in total. The van der Waals surface area contributed by atoms with Gasteiger partial charge < -0.3 is 15.4 Å². The molecule has 0 unspecified atom stereocenters. The van der Waals surface area contributed by atoms with Crippen molar-refractivity contribution in [1.82, 2.24) is 10.1 Å². The van der Waals surface area contributed by atoms with Crippen molar-refractivity contribution < 1.29 is 9.63 Å². The van der Waals surface area contributed by atoms with E-state index in [0.717, 1.165) is 16.7 Å². The number of phenolic OH excluding ortho intramolecular Hbond substituents is 1. The van der Waals surface area contributed by atoms with Crippen molar-refractivity contribution in [2.45, 2.75) is 6.92 Å². The van der Waals surface area contributed by atoms with Crippen LogP contribution < -0.4 is 5.73 Å². The summed E-state index contributed by atoms with van der Waals surface area (Å²) in [6, 6.07) is 12.2. The molecule has 0 aliphatic carbocycles. The van der Waals surface area contributed by atoms with E-state index in [-0.39, 0.29) is 5.75 Å². The number of nitrogens with two attached hydrogens (primary N) is 1. The minimum Gasteiger partial charge on any atom is -0.508 e. The summed E-state index contributed by atoms with van der Waals surface area (Å²) in [6.45, 7) is 1.96. The molecule has 5 nitrogen and oxygen atoms in total. The van der Waals surface area contributed by atoms with Crippen LogP contribution in [-0.4, -0.2) is 15.2 Å². The Hall–Kier alpha value is -2.82. The van der Waals surface area contributed by atoms with Crippen LogP contribution in [0.1, 0.15) is 5.56 Å². The van der Waals surface area contributed by atoms with Crippen LogP contribution in [-0.2, 0) is 0 Å². The van der Waals surface area contributed by atoms with E-state index in [0.29, 0.717) is 17.4 Å². The minimum absolute atomic E-state index is 0.198. The number of hydrogen-bond acceptors (Lipinski definition) is 5. The van der Waals surface area contributed by atoms with E-state index in [1.165, 1.54) is 0 Å². The van der Waals surface area contributed by atoms with Crippen molar-refractivity contribution >= 4 is 5.69 Å². The molecule has 100 valence electrons. The summed E-state index contributed by atoms with van der Waals surface area (Å²) in [6.07, 6.45) is 0. The highest BCUT2D eigenvalue weighted by Gasteiger charge is 2.12. The molecule has 3 aromatic rings. The molecule has 0 bridgehead atoms. The van der Waals surface area contributed by atoms with E-state index in [1.54, 1.807) is 24.3 Å². The second-order valence-corrected chi connectivity index (χ2v) is 4.54. The first-order valence-electron chi connectivity index (χ1n) is 6.13. The Bertz CT molecular complexity index is 748. The van der Waals surface area contributed by atoms with Gasteiger partial charge in [0.1, 0.15) is 5.75 Å². The van der Waals surface area contributed by atoms with Gasteiger partial charge in [-0.2, -0.15) is 4.98 Å². The quantitative estimate of drug-likeness (QED) is 0.697. The summed E-state index contributed by atoms with van der Waals surface area (Å²) >= 11 is 0. The molecule has 20 heavy (non-hydrogen) atoms.